The Hall–Kier alpha value is -0.620. The third-order valence-electron chi connectivity index (χ3n) is 0.657. The fourth-order valence-electron chi connectivity index (χ4n) is 0.323. The summed E-state index contributed by atoms with van der Waals surface area (Å²) in [5, 5.41) is 11.3. The van der Waals surface area contributed by atoms with Gasteiger partial charge in [0.15, 0.2) is 5.69 Å². The molecule has 1 aromatic heterocycles. The molecule has 1 N–H and O–H groups in total. The second kappa shape index (κ2) is 5.19. The van der Waals surface area contributed by atoms with Gasteiger partial charge in [-0.2, -0.15) is 0 Å². The second-order valence-corrected chi connectivity index (χ2v) is 1.19. The summed E-state index contributed by atoms with van der Waals surface area (Å²) in [5.41, 5.74) is -0.0648. The molecule has 56 valence electrons. The van der Waals surface area contributed by atoms with Gasteiger partial charge >= 0.3 is 5.97 Å². The number of aromatic carboxylic acids is 1. The van der Waals surface area contributed by atoms with Crippen molar-refractivity contribution in [2.24, 2.45) is 0 Å². The van der Waals surface area contributed by atoms with E-state index in [0.29, 0.717) is 0 Å². The fraction of sp³-hybridized carbons (Fsp3) is 0. The number of carboxylic acid groups (broad SMARTS) is 1. The lowest BCUT2D eigenvalue weighted by atomic mass is 10.5. The number of thiol groups is 2. The lowest BCUT2D eigenvalue weighted by molar-refractivity contribution is 0.0685. The predicted molar refractivity (Wildman–Crippen MR) is 41.4 cm³/mol. The molecule has 4 nitrogen and oxygen atoms in total. The van der Waals surface area contributed by atoms with Crippen LogP contribution in [0, 0.1) is 0 Å². The highest BCUT2D eigenvalue weighted by Gasteiger charge is 2.02. The predicted octanol–water partition coefficient (Wildman–Crippen LogP) is 1.13. The normalized spacial score (nSPS) is 7.80. The van der Waals surface area contributed by atoms with Crippen molar-refractivity contribution in [3.05, 3.63) is 18.0 Å². The average molecular weight is 179 g/mol. The van der Waals surface area contributed by atoms with E-state index in [1.807, 2.05) is 0 Å². The first kappa shape index (κ1) is 9.38. The zero-order valence-corrected chi connectivity index (χ0v) is 6.55. The smallest absolute Gasteiger partial charge is 0.358 e. The molecule has 0 saturated carbocycles. The van der Waals surface area contributed by atoms with E-state index in [4.69, 9.17) is 5.11 Å². The molecule has 0 radical (unpaired) electrons. The Morgan fingerprint density at radius 3 is 2.50 bits per heavy atom. The molecule has 0 spiro atoms. The summed E-state index contributed by atoms with van der Waals surface area (Å²) in [7, 11) is 0. The molecule has 0 aromatic carbocycles. The van der Waals surface area contributed by atoms with Gasteiger partial charge in [-0.3, -0.25) is 0 Å². The van der Waals surface area contributed by atoms with Crippen LogP contribution in [-0.2, 0) is 0 Å². The van der Waals surface area contributed by atoms with Crippen LogP contribution in [0.15, 0.2) is 16.9 Å². The Labute approximate surface area is 67.4 Å². The number of hydrogen-bond donors (Lipinski definition) is 3. The van der Waals surface area contributed by atoms with E-state index < -0.39 is 5.97 Å². The molecular weight excluding hydrogens is 174 g/mol. The molecule has 0 aliphatic carbocycles. The van der Waals surface area contributed by atoms with Crippen molar-refractivity contribution < 1.29 is 14.4 Å². The van der Waals surface area contributed by atoms with E-state index in [1.165, 1.54) is 12.3 Å². The third-order valence-corrected chi connectivity index (χ3v) is 0.657. The first-order chi connectivity index (χ1) is 4.80. The van der Waals surface area contributed by atoms with Gasteiger partial charge in [0.25, 0.3) is 0 Å². The molecule has 10 heavy (non-hydrogen) atoms. The van der Waals surface area contributed by atoms with E-state index in [2.05, 4.69) is 33.0 Å². The highest BCUT2D eigenvalue weighted by molar-refractivity contribution is 8.59. The van der Waals surface area contributed by atoms with Crippen molar-refractivity contribution >= 4 is 29.3 Å². The van der Waals surface area contributed by atoms with E-state index in [-0.39, 0.29) is 5.69 Å². The van der Waals surface area contributed by atoms with Crippen LogP contribution >= 0.6 is 23.3 Å². The monoisotopic (exact) mass is 179 g/mol. The molecule has 0 fully saturated rings. The van der Waals surface area contributed by atoms with Crippen LogP contribution in [0.25, 0.3) is 0 Å². The lowest BCUT2D eigenvalue weighted by Gasteiger charge is -1.75. The van der Waals surface area contributed by atoms with Crippen molar-refractivity contribution in [2.75, 3.05) is 0 Å². The summed E-state index contributed by atoms with van der Waals surface area (Å²) in [5.74, 6) is -1.07. The highest BCUT2D eigenvalue weighted by Crippen LogP contribution is 1.91. The Morgan fingerprint density at radius 1 is 1.70 bits per heavy atom. The van der Waals surface area contributed by atoms with Gasteiger partial charge in [0.05, 0.1) is 0 Å². The first-order valence-corrected chi connectivity index (χ1v) is 3.74. The Bertz CT molecular complexity index is 186. The number of carbonyl (C=O) groups is 1. The number of carboxylic acids is 1. The lowest BCUT2D eigenvalue weighted by Crippen LogP contribution is -1.94. The zero-order chi connectivity index (χ0) is 7.98. The van der Waals surface area contributed by atoms with Gasteiger partial charge in [0.1, 0.15) is 6.26 Å². The highest BCUT2D eigenvalue weighted by atomic mass is 33.1. The van der Waals surface area contributed by atoms with E-state index >= 15 is 0 Å². The minimum atomic E-state index is -1.07. The minimum Gasteiger partial charge on any atom is -0.476 e. The topological polar surface area (TPSA) is 63.3 Å². The molecule has 1 rings (SSSR count). The summed E-state index contributed by atoms with van der Waals surface area (Å²) in [6, 6.07) is 1.28. The first-order valence-electron chi connectivity index (χ1n) is 2.14. The van der Waals surface area contributed by atoms with Gasteiger partial charge in [0, 0.05) is 6.07 Å². The summed E-state index contributed by atoms with van der Waals surface area (Å²) >= 11 is 6.44. The van der Waals surface area contributed by atoms with Crippen molar-refractivity contribution in [1.29, 1.82) is 0 Å². The second-order valence-electron chi connectivity index (χ2n) is 1.19. The summed E-state index contributed by atoms with van der Waals surface area (Å²) < 4.78 is 4.24. The van der Waals surface area contributed by atoms with Crippen molar-refractivity contribution in [3.8, 4) is 0 Å². The van der Waals surface area contributed by atoms with Crippen LogP contribution in [0.1, 0.15) is 10.5 Å². The molecular formula is C4H5NO3S2. The Morgan fingerprint density at radius 2 is 2.30 bits per heavy atom. The van der Waals surface area contributed by atoms with Crippen LogP contribution in [0.2, 0.25) is 0 Å². The van der Waals surface area contributed by atoms with Gasteiger partial charge < -0.3 is 9.63 Å². The van der Waals surface area contributed by atoms with Gasteiger partial charge in [-0.1, -0.05) is 5.16 Å². The number of rotatable bonds is 1. The van der Waals surface area contributed by atoms with Gasteiger partial charge in [-0.15, -0.1) is 23.3 Å². The number of nitrogens with zero attached hydrogens (tertiary/aromatic N) is 1. The minimum absolute atomic E-state index is 0.0648. The summed E-state index contributed by atoms with van der Waals surface area (Å²) in [6.45, 7) is 0. The maximum atomic E-state index is 9.94. The van der Waals surface area contributed by atoms with E-state index in [1.54, 1.807) is 0 Å². The summed E-state index contributed by atoms with van der Waals surface area (Å²) in [4.78, 5) is 9.94. The molecule has 1 heterocycles. The zero-order valence-electron chi connectivity index (χ0n) is 4.76. The Balaban J connectivity index is 0.000000371. The molecule has 1 aromatic rings. The number of hydrogen-bond acceptors (Lipinski definition) is 5. The maximum Gasteiger partial charge on any atom is 0.358 e. The van der Waals surface area contributed by atoms with Crippen LogP contribution < -0.4 is 0 Å². The molecule has 0 aliphatic heterocycles. The largest absolute Gasteiger partial charge is 0.476 e. The van der Waals surface area contributed by atoms with Crippen LogP contribution in [0.3, 0.4) is 0 Å². The molecule has 0 saturated heterocycles. The molecule has 0 atom stereocenters. The van der Waals surface area contributed by atoms with Crippen LogP contribution in [0.5, 0.6) is 0 Å². The standard InChI is InChI=1S/C4H3NO3.H2S2/c6-4(7)3-1-2-8-5-3;1-2/h1-2H,(H,6,7);1-2H. The van der Waals surface area contributed by atoms with E-state index in [0.717, 1.165) is 0 Å². The fourth-order valence-corrected chi connectivity index (χ4v) is 0.323. The maximum absolute atomic E-state index is 9.94. The van der Waals surface area contributed by atoms with Crippen LogP contribution in [-0.4, -0.2) is 16.2 Å². The SMILES string of the molecule is O=C(O)c1ccon1.SS. The van der Waals surface area contributed by atoms with Gasteiger partial charge in [-0.25, -0.2) is 4.79 Å². The van der Waals surface area contributed by atoms with Gasteiger partial charge in [-0.05, 0) is 0 Å². The molecule has 0 bridgehead atoms. The van der Waals surface area contributed by atoms with Gasteiger partial charge in [0.2, 0.25) is 0 Å². The van der Waals surface area contributed by atoms with Crippen molar-refractivity contribution in [3.63, 3.8) is 0 Å². The van der Waals surface area contributed by atoms with Crippen molar-refractivity contribution in [2.45, 2.75) is 0 Å². The quantitative estimate of drug-likeness (QED) is 0.447. The Kier molecular flexibility index (Phi) is 4.87. The molecule has 6 heteroatoms. The average Bonchev–Trinajstić information content (AvgIpc) is 2.42. The molecule has 0 unspecified atom stereocenters. The molecule has 0 aliphatic rings. The molecule has 0 amide bonds. The summed E-state index contributed by atoms with van der Waals surface area (Å²) in [6.07, 6.45) is 1.21. The van der Waals surface area contributed by atoms with Crippen molar-refractivity contribution in [1.82, 2.24) is 5.16 Å². The number of aromatic nitrogens is 1. The third kappa shape index (κ3) is 2.79. The van der Waals surface area contributed by atoms with E-state index in [9.17, 15) is 4.79 Å². The van der Waals surface area contributed by atoms with Crippen LogP contribution in [0.4, 0.5) is 0 Å².